The lowest BCUT2D eigenvalue weighted by molar-refractivity contribution is 0.169. The molecule has 0 spiro atoms. The first-order chi connectivity index (χ1) is 8.92. The largest absolute Gasteiger partial charge is 0.395 e. The minimum atomic E-state index is 0. The molecule has 2 rings (SSSR count). The summed E-state index contributed by atoms with van der Waals surface area (Å²) in [5.74, 6) is 6.15. The van der Waals surface area contributed by atoms with Crippen molar-refractivity contribution >= 4 is 24.8 Å². The van der Waals surface area contributed by atoms with E-state index < -0.39 is 0 Å². The molecule has 1 aliphatic heterocycles. The van der Waals surface area contributed by atoms with Crippen molar-refractivity contribution in [1.82, 2.24) is 9.88 Å². The third kappa shape index (κ3) is 5.68. The van der Waals surface area contributed by atoms with Gasteiger partial charge in [0.25, 0.3) is 0 Å². The van der Waals surface area contributed by atoms with Gasteiger partial charge in [0.05, 0.1) is 13.2 Å². The molecule has 1 atom stereocenters. The molecule has 3 nitrogen and oxygen atoms in total. The number of nitrogens with zero attached hydrogens (tertiary/aromatic N) is 2. The first kappa shape index (κ1) is 19.2. The standard InChI is InChI=1S/C15H20N2O.2ClH/c18-12-5-1-3-10-17-11-4-2-8-15(17)14-7-6-9-16-13-14;;/h6-7,9,13,15,18H,2,4-5,8,10-12H2;2*1H. The molecule has 1 aromatic rings. The van der Waals surface area contributed by atoms with Crippen molar-refractivity contribution in [2.45, 2.75) is 31.7 Å². The molecule has 112 valence electrons. The minimum Gasteiger partial charge on any atom is -0.395 e. The fourth-order valence-electron chi connectivity index (χ4n) is 2.43. The smallest absolute Gasteiger partial charge is 0.0606 e. The number of piperidine rings is 1. The summed E-state index contributed by atoms with van der Waals surface area (Å²) in [4.78, 5) is 6.63. The highest BCUT2D eigenvalue weighted by molar-refractivity contribution is 5.85. The monoisotopic (exact) mass is 316 g/mol. The Morgan fingerprint density at radius 1 is 1.30 bits per heavy atom. The summed E-state index contributed by atoms with van der Waals surface area (Å²) in [5, 5.41) is 8.71. The van der Waals surface area contributed by atoms with E-state index in [4.69, 9.17) is 5.11 Å². The van der Waals surface area contributed by atoms with Crippen LogP contribution in [0.2, 0.25) is 0 Å². The lowest BCUT2D eigenvalue weighted by Crippen LogP contribution is -2.33. The Morgan fingerprint density at radius 3 is 2.85 bits per heavy atom. The number of hydrogen-bond donors (Lipinski definition) is 1. The molecule has 1 N–H and O–H groups in total. The van der Waals surface area contributed by atoms with Gasteiger partial charge in [-0.1, -0.05) is 24.3 Å². The van der Waals surface area contributed by atoms with Gasteiger partial charge in [-0.3, -0.25) is 9.88 Å². The van der Waals surface area contributed by atoms with Crippen molar-refractivity contribution < 1.29 is 5.11 Å². The van der Waals surface area contributed by atoms with Crippen molar-refractivity contribution in [2.24, 2.45) is 0 Å². The van der Waals surface area contributed by atoms with Crippen molar-refractivity contribution in [3.05, 3.63) is 30.1 Å². The maximum Gasteiger partial charge on any atom is 0.0606 e. The van der Waals surface area contributed by atoms with Crippen molar-refractivity contribution in [2.75, 3.05) is 19.7 Å². The maximum absolute atomic E-state index is 8.71. The molecule has 1 aromatic heterocycles. The number of rotatable bonds is 3. The van der Waals surface area contributed by atoms with E-state index in [1.807, 2.05) is 18.5 Å². The fraction of sp³-hybridized carbons (Fsp3) is 0.533. The van der Waals surface area contributed by atoms with Gasteiger partial charge in [-0.2, -0.15) is 0 Å². The van der Waals surface area contributed by atoms with Gasteiger partial charge in [0.15, 0.2) is 0 Å². The van der Waals surface area contributed by atoms with Crippen LogP contribution in [0.3, 0.4) is 0 Å². The number of likely N-dealkylation sites (tertiary alicyclic amines) is 1. The van der Waals surface area contributed by atoms with Crippen LogP contribution in [0.25, 0.3) is 0 Å². The van der Waals surface area contributed by atoms with Crippen LogP contribution in [0.4, 0.5) is 0 Å². The zero-order valence-corrected chi connectivity index (χ0v) is 13.1. The number of aromatic nitrogens is 1. The summed E-state index contributed by atoms with van der Waals surface area (Å²) in [6.07, 6.45) is 8.07. The zero-order valence-electron chi connectivity index (χ0n) is 11.5. The predicted molar refractivity (Wildman–Crippen MR) is 86.4 cm³/mol. The Hall–Kier alpha value is -0.790. The van der Waals surface area contributed by atoms with E-state index in [-0.39, 0.29) is 31.4 Å². The molecular weight excluding hydrogens is 295 g/mol. The summed E-state index contributed by atoms with van der Waals surface area (Å²) in [5.41, 5.74) is 1.29. The van der Waals surface area contributed by atoms with Crippen LogP contribution in [-0.2, 0) is 0 Å². The van der Waals surface area contributed by atoms with E-state index >= 15 is 0 Å². The van der Waals surface area contributed by atoms with Crippen LogP contribution in [0.1, 0.15) is 37.3 Å². The van der Waals surface area contributed by atoms with Crippen LogP contribution < -0.4 is 0 Å². The average Bonchev–Trinajstić information content (AvgIpc) is 2.45. The molecule has 1 unspecified atom stereocenters. The third-order valence-corrected chi connectivity index (χ3v) is 3.33. The number of hydrogen-bond acceptors (Lipinski definition) is 3. The Bertz CT molecular complexity index is 417. The third-order valence-electron chi connectivity index (χ3n) is 3.33. The highest BCUT2D eigenvalue weighted by atomic mass is 35.5. The van der Waals surface area contributed by atoms with Gasteiger partial charge >= 0.3 is 0 Å². The summed E-state index contributed by atoms with van der Waals surface area (Å²) < 4.78 is 0. The number of aliphatic hydroxyl groups is 1. The average molecular weight is 317 g/mol. The Balaban J connectivity index is 0.00000180. The van der Waals surface area contributed by atoms with Crippen LogP contribution in [-0.4, -0.2) is 34.7 Å². The Morgan fingerprint density at radius 2 is 2.15 bits per heavy atom. The number of aliphatic hydroxyl groups excluding tert-OH is 1. The molecule has 0 amide bonds. The number of halogens is 2. The number of pyridine rings is 1. The quantitative estimate of drug-likeness (QED) is 0.871. The topological polar surface area (TPSA) is 36.4 Å². The van der Waals surface area contributed by atoms with Gasteiger partial charge in [0.1, 0.15) is 0 Å². The van der Waals surface area contributed by atoms with Crippen molar-refractivity contribution in [3.8, 4) is 11.8 Å². The highest BCUT2D eigenvalue weighted by Crippen LogP contribution is 2.29. The molecule has 5 heteroatoms. The normalized spacial score (nSPS) is 18.1. The molecule has 0 saturated carbocycles. The van der Waals surface area contributed by atoms with Gasteiger partial charge in [-0.15, -0.1) is 24.8 Å². The molecule has 1 saturated heterocycles. The highest BCUT2D eigenvalue weighted by Gasteiger charge is 2.22. The van der Waals surface area contributed by atoms with Gasteiger partial charge in [0, 0.05) is 24.9 Å². The van der Waals surface area contributed by atoms with Crippen LogP contribution in [0, 0.1) is 11.8 Å². The van der Waals surface area contributed by atoms with Gasteiger partial charge in [-0.25, -0.2) is 0 Å². The van der Waals surface area contributed by atoms with E-state index in [0.29, 0.717) is 12.5 Å². The van der Waals surface area contributed by atoms with E-state index in [9.17, 15) is 0 Å². The first-order valence-corrected chi connectivity index (χ1v) is 6.62. The lowest BCUT2D eigenvalue weighted by atomic mass is 9.96. The second-order valence-electron chi connectivity index (χ2n) is 4.60. The Labute approximate surface area is 133 Å². The van der Waals surface area contributed by atoms with Gasteiger partial charge in [-0.05, 0) is 31.0 Å². The Kier molecular flexibility index (Phi) is 10.5. The van der Waals surface area contributed by atoms with E-state index in [1.165, 1.54) is 24.8 Å². The van der Waals surface area contributed by atoms with E-state index in [0.717, 1.165) is 13.1 Å². The molecule has 0 radical (unpaired) electrons. The van der Waals surface area contributed by atoms with Gasteiger partial charge in [0.2, 0.25) is 0 Å². The van der Waals surface area contributed by atoms with Crippen LogP contribution >= 0.6 is 24.8 Å². The SMILES string of the molecule is Cl.Cl.OCCC#CCN1CCCCC1c1cccnc1. The van der Waals surface area contributed by atoms with E-state index in [2.05, 4.69) is 27.8 Å². The van der Waals surface area contributed by atoms with Crippen molar-refractivity contribution in [3.63, 3.8) is 0 Å². The predicted octanol–water partition coefficient (Wildman–Crippen LogP) is 2.84. The zero-order chi connectivity index (χ0) is 12.6. The fourth-order valence-corrected chi connectivity index (χ4v) is 2.43. The lowest BCUT2D eigenvalue weighted by Gasteiger charge is -2.34. The van der Waals surface area contributed by atoms with Gasteiger partial charge < -0.3 is 5.11 Å². The van der Waals surface area contributed by atoms with E-state index in [1.54, 1.807) is 0 Å². The molecule has 0 aliphatic carbocycles. The molecule has 2 heterocycles. The molecular formula is C15H22Cl2N2O. The molecule has 1 fully saturated rings. The molecule has 0 aromatic carbocycles. The second-order valence-corrected chi connectivity index (χ2v) is 4.60. The summed E-state index contributed by atoms with van der Waals surface area (Å²) in [7, 11) is 0. The maximum atomic E-state index is 8.71. The van der Waals surface area contributed by atoms with Crippen LogP contribution in [0.5, 0.6) is 0 Å². The molecule has 0 bridgehead atoms. The first-order valence-electron chi connectivity index (χ1n) is 6.62. The molecule has 1 aliphatic rings. The summed E-state index contributed by atoms with van der Waals surface area (Å²) in [6.45, 7) is 2.05. The second kappa shape index (κ2) is 10.9. The summed E-state index contributed by atoms with van der Waals surface area (Å²) >= 11 is 0. The minimum absolute atomic E-state index is 0. The summed E-state index contributed by atoms with van der Waals surface area (Å²) in [6, 6.07) is 4.60. The molecule has 20 heavy (non-hydrogen) atoms. The van der Waals surface area contributed by atoms with Crippen molar-refractivity contribution in [1.29, 1.82) is 0 Å². The van der Waals surface area contributed by atoms with Crippen LogP contribution in [0.15, 0.2) is 24.5 Å².